The van der Waals surface area contributed by atoms with Gasteiger partial charge in [0, 0.05) is 11.7 Å². The molecule has 16 heavy (non-hydrogen) atoms. The van der Waals surface area contributed by atoms with E-state index in [9.17, 15) is 8.42 Å². The molecule has 0 amide bonds. The van der Waals surface area contributed by atoms with Crippen LogP contribution < -0.4 is 9.44 Å². The van der Waals surface area contributed by atoms with Crippen molar-refractivity contribution in [3.8, 4) is 6.07 Å². The van der Waals surface area contributed by atoms with E-state index in [1.165, 1.54) is 12.1 Å². The molecular weight excluding hydrogens is 226 g/mol. The first-order valence-corrected chi connectivity index (χ1v) is 6.21. The van der Waals surface area contributed by atoms with E-state index in [0.717, 1.165) is 0 Å². The second-order valence-electron chi connectivity index (χ2n) is 3.57. The summed E-state index contributed by atoms with van der Waals surface area (Å²) >= 11 is 0. The minimum absolute atomic E-state index is 0.170. The van der Waals surface area contributed by atoms with Crippen LogP contribution in [0.2, 0.25) is 0 Å². The molecule has 0 aliphatic carbocycles. The molecule has 1 aromatic rings. The standard InChI is InChI=1S/C10H13N3O2S/c1-8(2)12-16(14,15)13-10-5-3-9(7-11)4-6-10/h3-6,8,12-13H,1-2H3. The van der Waals surface area contributed by atoms with Crippen LogP contribution in [0, 0.1) is 11.3 Å². The van der Waals surface area contributed by atoms with Gasteiger partial charge in [0.2, 0.25) is 0 Å². The molecule has 0 heterocycles. The Hall–Kier alpha value is -1.58. The van der Waals surface area contributed by atoms with Gasteiger partial charge >= 0.3 is 0 Å². The molecule has 0 unspecified atom stereocenters. The van der Waals surface area contributed by atoms with Crippen LogP contribution in [-0.2, 0) is 10.2 Å². The molecule has 1 aromatic carbocycles. The zero-order valence-electron chi connectivity index (χ0n) is 9.06. The monoisotopic (exact) mass is 239 g/mol. The molecule has 0 aliphatic rings. The van der Waals surface area contributed by atoms with E-state index in [4.69, 9.17) is 5.26 Å². The Labute approximate surface area is 95.3 Å². The van der Waals surface area contributed by atoms with E-state index in [2.05, 4.69) is 9.44 Å². The number of hydrogen-bond donors (Lipinski definition) is 2. The quantitative estimate of drug-likeness (QED) is 0.828. The molecule has 86 valence electrons. The molecular formula is C10H13N3O2S. The third-order valence-corrected chi connectivity index (χ3v) is 2.94. The van der Waals surface area contributed by atoms with E-state index in [-0.39, 0.29) is 6.04 Å². The van der Waals surface area contributed by atoms with Gasteiger partial charge in [0.15, 0.2) is 0 Å². The molecule has 0 aromatic heterocycles. The average Bonchev–Trinajstić information content (AvgIpc) is 2.16. The summed E-state index contributed by atoms with van der Waals surface area (Å²) in [4.78, 5) is 0. The first-order valence-electron chi connectivity index (χ1n) is 4.73. The summed E-state index contributed by atoms with van der Waals surface area (Å²) in [5.41, 5.74) is 0.909. The molecule has 1 rings (SSSR count). The van der Waals surface area contributed by atoms with E-state index in [1.54, 1.807) is 26.0 Å². The van der Waals surface area contributed by atoms with Crippen molar-refractivity contribution in [3.63, 3.8) is 0 Å². The van der Waals surface area contributed by atoms with Crippen molar-refractivity contribution in [1.82, 2.24) is 4.72 Å². The van der Waals surface area contributed by atoms with E-state index in [1.807, 2.05) is 6.07 Å². The van der Waals surface area contributed by atoms with Crippen LogP contribution in [0.1, 0.15) is 19.4 Å². The van der Waals surface area contributed by atoms with Gasteiger partial charge in [-0.25, -0.2) is 0 Å². The molecule has 0 saturated heterocycles. The molecule has 0 aliphatic heterocycles. The third kappa shape index (κ3) is 3.88. The molecule has 0 bridgehead atoms. The van der Waals surface area contributed by atoms with E-state index in [0.29, 0.717) is 11.3 Å². The Bertz CT molecular complexity index is 486. The van der Waals surface area contributed by atoms with Gasteiger partial charge in [0.05, 0.1) is 11.6 Å². The van der Waals surface area contributed by atoms with Crippen molar-refractivity contribution in [2.45, 2.75) is 19.9 Å². The van der Waals surface area contributed by atoms with Crippen molar-refractivity contribution in [2.24, 2.45) is 0 Å². The zero-order chi connectivity index (χ0) is 12.2. The molecule has 0 radical (unpaired) electrons. The first kappa shape index (κ1) is 12.5. The highest BCUT2D eigenvalue weighted by Gasteiger charge is 2.10. The lowest BCUT2D eigenvalue weighted by molar-refractivity contribution is 0.575. The lowest BCUT2D eigenvalue weighted by atomic mass is 10.2. The summed E-state index contributed by atoms with van der Waals surface area (Å²) < 4.78 is 27.7. The van der Waals surface area contributed by atoms with Crippen molar-refractivity contribution in [1.29, 1.82) is 5.26 Å². The Kier molecular flexibility index (Phi) is 3.88. The van der Waals surface area contributed by atoms with Crippen LogP contribution in [-0.4, -0.2) is 14.5 Å². The third-order valence-electron chi connectivity index (χ3n) is 1.66. The highest BCUT2D eigenvalue weighted by Crippen LogP contribution is 2.10. The number of anilines is 1. The van der Waals surface area contributed by atoms with Gasteiger partial charge in [-0.05, 0) is 38.1 Å². The van der Waals surface area contributed by atoms with Crippen LogP contribution in [0.4, 0.5) is 5.69 Å². The van der Waals surface area contributed by atoms with Gasteiger partial charge in [-0.1, -0.05) is 0 Å². The number of benzene rings is 1. The molecule has 5 nitrogen and oxygen atoms in total. The lowest BCUT2D eigenvalue weighted by Crippen LogP contribution is -2.35. The Morgan fingerprint density at radius 1 is 1.25 bits per heavy atom. The minimum atomic E-state index is -3.54. The first-order chi connectivity index (χ1) is 7.43. The maximum Gasteiger partial charge on any atom is 0.299 e. The van der Waals surface area contributed by atoms with Gasteiger partial charge in [0.1, 0.15) is 0 Å². The molecule has 6 heteroatoms. The molecule has 0 atom stereocenters. The maximum atomic E-state index is 11.5. The number of nitrogens with zero attached hydrogens (tertiary/aromatic N) is 1. The predicted octanol–water partition coefficient (Wildman–Crippen LogP) is 1.21. The largest absolute Gasteiger partial charge is 0.299 e. The lowest BCUT2D eigenvalue weighted by Gasteiger charge is -2.11. The van der Waals surface area contributed by atoms with Gasteiger partial charge in [-0.3, -0.25) is 4.72 Å². The maximum absolute atomic E-state index is 11.5. The van der Waals surface area contributed by atoms with Crippen molar-refractivity contribution in [3.05, 3.63) is 29.8 Å². The van der Waals surface area contributed by atoms with E-state index >= 15 is 0 Å². The Morgan fingerprint density at radius 2 is 1.81 bits per heavy atom. The molecule has 0 spiro atoms. The van der Waals surface area contributed by atoms with Crippen molar-refractivity contribution < 1.29 is 8.42 Å². The minimum Gasteiger partial charge on any atom is -0.271 e. The fourth-order valence-corrected chi connectivity index (χ4v) is 2.23. The average molecular weight is 239 g/mol. The summed E-state index contributed by atoms with van der Waals surface area (Å²) in [6.07, 6.45) is 0. The normalized spacial score (nSPS) is 11.1. The highest BCUT2D eigenvalue weighted by molar-refractivity contribution is 7.90. The van der Waals surface area contributed by atoms with Crippen LogP contribution in [0.3, 0.4) is 0 Å². The molecule has 0 fully saturated rings. The van der Waals surface area contributed by atoms with Crippen LogP contribution in [0.25, 0.3) is 0 Å². The second-order valence-corrected chi connectivity index (χ2v) is 5.01. The van der Waals surface area contributed by atoms with E-state index < -0.39 is 10.2 Å². The fourth-order valence-electron chi connectivity index (χ4n) is 1.11. The summed E-state index contributed by atoms with van der Waals surface area (Å²) in [5.74, 6) is 0. The van der Waals surface area contributed by atoms with Gasteiger partial charge in [-0.2, -0.15) is 18.4 Å². The summed E-state index contributed by atoms with van der Waals surface area (Å²) in [6, 6.07) is 7.96. The SMILES string of the molecule is CC(C)NS(=O)(=O)Nc1ccc(C#N)cc1. The molecule has 2 N–H and O–H groups in total. The number of nitriles is 1. The fraction of sp³-hybridized carbons (Fsp3) is 0.300. The topological polar surface area (TPSA) is 82.0 Å². The van der Waals surface area contributed by atoms with Crippen LogP contribution in [0.5, 0.6) is 0 Å². The second kappa shape index (κ2) is 4.96. The van der Waals surface area contributed by atoms with Crippen LogP contribution >= 0.6 is 0 Å². The zero-order valence-corrected chi connectivity index (χ0v) is 9.88. The van der Waals surface area contributed by atoms with Crippen molar-refractivity contribution >= 4 is 15.9 Å². The predicted molar refractivity (Wildman–Crippen MR) is 62.0 cm³/mol. The highest BCUT2D eigenvalue weighted by atomic mass is 32.2. The summed E-state index contributed by atoms with van der Waals surface area (Å²) in [6.45, 7) is 3.47. The summed E-state index contributed by atoms with van der Waals surface area (Å²) in [5, 5.41) is 8.58. The number of rotatable bonds is 4. The van der Waals surface area contributed by atoms with Gasteiger partial charge in [0.25, 0.3) is 10.2 Å². The summed E-state index contributed by atoms with van der Waals surface area (Å²) in [7, 11) is -3.54. The number of nitrogens with one attached hydrogen (secondary N) is 2. The van der Waals surface area contributed by atoms with Crippen LogP contribution in [0.15, 0.2) is 24.3 Å². The van der Waals surface area contributed by atoms with Gasteiger partial charge in [-0.15, -0.1) is 0 Å². The Morgan fingerprint density at radius 3 is 2.25 bits per heavy atom. The molecule has 0 saturated carbocycles. The van der Waals surface area contributed by atoms with Crippen molar-refractivity contribution in [2.75, 3.05) is 4.72 Å². The number of hydrogen-bond acceptors (Lipinski definition) is 3. The Balaban J connectivity index is 2.77. The smallest absolute Gasteiger partial charge is 0.271 e. The van der Waals surface area contributed by atoms with Gasteiger partial charge < -0.3 is 0 Å².